The highest BCUT2D eigenvalue weighted by Crippen LogP contribution is 2.15. The number of aromatic nitrogens is 2. The molecule has 0 aliphatic rings. The third kappa shape index (κ3) is 2.20. The van der Waals surface area contributed by atoms with E-state index >= 15 is 0 Å². The zero-order valence-corrected chi connectivity index (χ0v) is 9.28. The van der Waals surface area contributed by atoms with Crippen LogP contribution in [0.25, 0.3) is 0 Å². The first-order valence-corrected chi connectivity index (χ1v) is 4.79. The molecule has 1 atom stereocenters. The lowest BCUT2D eigenvalue weighted by Gasteiger charge is -2.25. The van der Waals surface area contributed by atoms with Crippen molar-refractivity contribution in [2.24, 2.45) is 5.73 Å². The van der Waals surface area contributed by atoms with Gasteiger partial charge in [0.15, 0.2) is 0 Å². The summed E-state index contributed by atoms with van der Waals surface area (Å²) >= 11 is 0. The number of aryl methyl sites for hydroxylation is 2. The Labute approximate surface area is 85.2 Å². The van der Waals surface area contributed by atoms with Crippen molar-refractivity contribution in [1.29, 1.82) is 0 Å². The van der Waals surface area contributed by atoms with Crippen molar-refractivity contribution in [3.8, 4) is 0 Å². The van der Waals surface area contributed by atoms with Crippen LogP contribution in [0, 0.1) is 13.8 Å². The van der Waals surface area contributed by atoms with Gasteiger partial charge in [0.1, 0.15) is 5.82 Å². The van der Waals surface area contributed by atoms with Crippen molar-refractivity contribution < 1.29 is 0 Å². The summed E-state index contributed by atoms with van der Waals surface area (Å²) in [6.07, 6.45) is 1.78. The molecule has 4 heteroatoms. The highest BCUT2D eigenvalue weighted by atomic mass is 15.2. The monoisotopic (exact) mass is 194 g/mol. The smallest absolute Gasteiger partial charge is 0.150 e. The largest absolute Gasteiger partial charge is 0.354 e. The second-order valence-corrected chi connectivity index (χ2v) is 3.62. The number of likely N-dealkylation sites (N-methyl/N-ethyl adjacent to an activating group) is 1. The molecule has 2 N–H and O–H groups in total. The molecule has 0 saturated heterocycles. The van der Waals surface area contributed by atoms with Gasteiger partial charge in [-0.05, 0) is 20.8 Å². The molecule has 0 bridgehead atoms. The van der Waals surface area contributed by atoms with Crippen LogP contribution < -0.4 is 10.6 Å². The molecule has 1 unspecified atom stereocenters. The molecule has 0 radical (unpaired) electrons. The van der Waals surface area contributed by atoms with Crippen LogP contribution in [0.3, 0.4) is 0 Å². The first kappa shape index (κ1) is 10.9. The van der Waals surface area contributed by atoms with Crippen molar-refractivity contribution in [2.45, 2.75) is 26.8 Å². The number of hydrogen-bond donors (Lipinski definition) is 1. The summed E-state index contributed by atoms with van der Waals surface area (Å²) in [7, 11) is 1.99. The maximum atomic E-state index is 5.61. The summed E-state index contributed by atoms with van der Waals surface area (Å²) in [5.41, 5.74) is 7.48. The topological polar surface area (TPSA) is 55.0 Å². The lowest BCUT2D eigenvalue weighted by molar-refractivity contribution is 0.681. The maximum absolute atomic E-state index is 5.61. The Morgan fingerprint density at radius 2 is 2.14 bits per heavy atom. The van der Waals surface area contributed by atoms with E-state index in [-0.39, 0.29) is 6.04 Å². The average Bonchev–Trinajstić information content (AvgIpc) is 2.19. The van der Waals surface area contributed by atoms with E-state index in [0.717, 1.165) is 17.2 Å². The van der Waals surface area contributed by atoms with Crippen molar-refractivity contribution in [3.63, 3.8) is 0 Å². The quantitative estimate of drug-likeness (QED) is 0.776. The summed E-state index contributed by atoms with van der Waals surface area (Å²) < 4.78 is 0. The normalized spacial score (nSPS) is 12.6. The Kier molecular flexibility index (Phi) is 3.41. The molecular formula is C10H18N4. The third-order valence-corrected chi connectivity index (χ3v) is 2.39. The van der Waals surface area contributed by atoms with Crippen molar-refractivity contribution in [1.82, 2.24) is 9.97 Å². The van der Waals surface area contributed by atoms with Gasteiger partial charge in [0.25, 0.3) is 0 Å². The minimum Gasteiger partial charge on any atom is -0.354 e. The maximum Gasteiger partial charge on any atom is 0.150 e. The highest BCUT2D eigenvalue weighted by molar-refractivity contribution is 5.43. The van der Waals surface area contributed by atoms with Gasteiger partial charge in [-0.25, -0.2) is 4.98 Å². The lowest BCUT2D eigenvalue weighted by atomic mass is 10.3. The number of anilines is 1. The van der Waals surface area contributed by atoms with Gasteiger partial charge in [-0.2, -0.15) is 0 Å². The van der Waals surface area contributed by atoms with E-state index in [9.17, 15) is 0 Å². The Bertz CT molecular complexity index is 311. The fourth-order valence-electron chi connectivity index (χ4n) is 1.23. The Hall–Kier alpha value is -1.16. The minimum absolute atomic E-state index is 0.282. The van der Waals surface area contributed by atoms with Crippen LogP contribution in [-0.2, 0) is 0 Å². The Morgan fingerprint density at radius 1 is 1.50 bits per heavy atom. The van der Waals surface area contributed by atoms with Gasteiger partial charge in [-0.15, -0.1) is 0 Å². The molecule has 1 rings (SSSR count). The molecule has 0 amide bonds. The standard InChI is InChI=1S/C10H18N4/c1-7-6-12-9(3)10(13-7)14(4)8(2)5-11/h6,8H,5,11H2,1-4H3. The zero-order chi connectivity index (χ0) is 10.7. The summed E-state index contributed by atoms with van der Waals surface area (Å²) in [5.74, 6) is 0.919. The van der Waals surface area contributed by atoms with Gasteiger partial charge >= 0.3 is 0 Å². The van der Waals surface area contributed by atoms with E-state index in [0.29, 0.717) is 6.54 Å². The Balaban J connectivity index is 2.99. The lowest BCUT2D eigenvalue weighted by Crippen LogP contribution is -2.36. The fourth-order valence-corrected chi connectivity index (χ4v) is 1.23. The second-order valence-electron chi connectivity index (χ2n) is 3.62. The van der Waals surface area contributed by atoms with E-state index in [1.165, 1.54) is 0 Å². The van der Waals surface area contributed by atoms with Gasteiger partial charge in [-0.1, -0.05) is 0 Å². The van der Waals surface area contributed by atoms with E-state index in [1.807, 2.05) is 20.9 Å². The number of rotatable bonds is 3. The molecule has 4 nitrogen and oxygen atoms in total. The zero-order valence-electron chi connectivity index (χ0n) is 9.28. The number of hydrogen-bond acceptors (Lipinski definition) is 4. The molecule has 14 heavy (non-hydrogen) atoms. The van der Waals surface area contributed by atoms with Gasteiger partial charge < -0.3 is 10.6 Å². The van der Waals surface area contributed by atoms with Crippen LogP contribution in [0.2, 0.25) is 0 Å². The predicted molar refractivity (Wildman–Crippen MR) is 58.4 cm³/mol. The van der Waals surface area contributed by atoms with Gasteiger partial charge in [0, 0.05) is 25.8 Å². The van der Waals surface area contributed by atoms with Gasteiger partial charge in [0.05, 0.1) is 11.4 Å². The molecule has 0 saturated carbocycles. The van der Waals surface area contributed by atoms with Crippen LogP contribution in [0.1, 0.15) is 18.3 Å². The SMILES string of the molecule is Cc1cnc(C)c(N(C)C(C)CN)n1. The van der Waals surface area contributed by atoms with Crippen LogP contribution in [0.4, 0.5) is 5.82 Å². The summed E-state index contributed by atoms with van der Waals surface area (Å²) in [5, 5.41) is 0. The molecule has 78 valence electrons. The highest BCUT2D eigenvalue weighted by Gasteiger charge is 2.12. The molecule has 0 aliphatic heterocycles. The van der Waals surface area contributed by atoms with Crippen LogP contribution in [0.5, 0.6) is 0 Å². The van der Waals surface area contributed by atoms with Crippen molar-refractivity contribution in [2.75, 3.05) is 18.5 Å². The van der Waals surface area contributed by atoms with Crippen LogP contribution in [-0.4, -0.2) is 29.6 Å². The van der Waals surface area contributed by atoms with Gasteiger partial charge in [0.2, 0.25) is 0 Å². The molecule has 0 spiro atoms. The number of nitrogens with two attached hydrogens (primary N) is 1. The summed E-state index contributed by atoms with van der Waals surface area (Å²) in [6, 6.07) is 0.282. The Morgan fingerprint density at radius 3 is 2.71 bits per heavy atom. The fraction of sp³-hybridized carbons (Fsp3) is 0.600. The van der Waals surface area contributed by atoms with Crippen LogP contribution >= 0.6 is 0 Å². The molecule has 1 aromatic heterocycles. The van der Waals surface area contributed by atoms with E-state index in [4.69, 9.17) is 5.73 Å². The first-order valence-electron chi connectivity index (χ1n) is 4.79. The van der Waals surface area contributed by atoms with E-state index < -0.39 is 0 Å². The van der Waals surface area contributed by atoms with Gasteiger partial charge in [-0.3, -0.25) is 4.98 Å². The van der Waals surface area contributed by atoms with E-state index in [2.05, 4.69) is 21.8 Å². The molecule has 1 heterocycles. The first-order chi connectivity index (χ1) is 6.56. The predicted octanol–water partition coefficient (Wildman–Crippen LogP) is 0.877. The minimum atomic E-state index is 0.282. The molecular weight excluding hydrogens is 176 g/mol. The van der Waals surface area contributed by atoms with Crippen molar-refractivity contribution >= 4 is 5.82 Å². The average molecular weight is 194 g/mol. The second kappa shape index (κ2) is 4.37. The number of nitrogens with zero attached hydrogens (tertiary/aromatic N) is 3. The van der Waals surface area contributed by atoms with Crippen molar-refractivity contribution in [3.05, 3.63) is 17.6 Å². The van der Waals surface area contributed by atoms with E-state index in [1.54, 1.807) is 6.20 Å². The third-order valence-electron chi connectivity index (χ3n) is 2.39. The molecule has 0 aromatic carbocycles. The summed E-state index contributed by atoms with van der Waals surface area (Å²) in [4.78, 5) is 10.8. The van der Waals surface area contributed by atoms with Crippen LogP contribution in [0.15, 0.2) is 6.20 Å². The molecule has 1 aromatic rings. The summed E-state index contributed by atoms with van der Waals surface area (Å²) in [6.45, 7) is 6.59. The molecule has 0 fully saturated rings. The molecule has 0 aliphatic carbocycles.